The zero-order valence-corrected chi connectivity index (χ0v) is 19.1. The number of aromatic nitrogens is 2. The lowest BCUT2D eigenvalue weighted by Crippen LogP contribution is -2.41. The molecular weight excluding hydrogens is 424 g/mol. The Bertz CT molecular complexity index is 1120. The minimum atomic E-state index is -0.459. The van der Waals surface area contributed by atoms with Crippen molar-refractivity contribution in [3.05, 3.63) is 64.9 Å². The van der Waals surface area contributed by atoms with Crippen molar-refractivity contribution in [2.24, 2.45) is 0 Å². The Kier molecular flexibility index (Phi) is 6.79. The molecule has 2 amide bonds. The molecule has 0 radical (unpaired) electrons. The highest BCUT2D eigenvalue weighted by molar-refractivity contribution is 6.07. The number of rotatable bonds is 7. The fourth-order valence-corrected chi connectivity index (χ4v) is 3.79. The number of ether oxygens (including phenoxy) is 2. The molecule has 1 N–H and O–H groups in total. The lowest BCUT2D eigenvalue weighted by molar-refractivity contribution is 0.0295. The maximum absolute atomic E-state index is 13.1. The first-order valence-corrected chi connectivity index (χ1v) is 11.0. The SMILES string of the molecule is CCn1ncc(NC(=O)c2ccc(COc3cc(C)cc(C)c3)o2)c1C(=O)N1CCOCC1. The minimum absolute atomic E-state index is 0.128. The van der Waals surface area contributed by atoms with E-state index in [1.54, 1.807) is 21.7 Å². The van der Waals surface area contributed by atoms with Crippen LogP contribution in [-0.2, 0) is 17.9 Å². The summed E-state index contributed by atoms with van der Waals surface area (Å²) >= 11 is 0. The highest BCUT2D eigenvalue weighted by atomic mass is 16.5. The molecule has 33 heavy (non-hydrogen) atoms. The van der Waals surface area contributed by atoms with Gasteiger partial charge in [-0.2, -0.15) is 5.10 Å². The van der Waals surface area contributed by atoms with Gasteiger partial charge in [-0.1, -0.05) is 6.07 Å². The number of benzene rings is 1. The number of carbonyl (C=O) groups is 2. The number of hydrogen-bond donors (Lipinski definition) is 1. The number of morpholine rings is 1. The average molecular weight is 453 g/mol. The average Bonchev–Trinajstić information content (AvgIpc) is 3.44. The molecule has 174 valence electrons. The molecule has 0 spiro atoms. The van der Waals surface area contributed by atoms with Crippen LogP contribution in [0.1, 0.15) is 44.9 Å². The van der Waals surface area contributed by atoms with Crippen LogP contribution < -0.4 is 10.1 Å². The number of carbonyl (C=O) groups excluding carboxylic acids is 2. The van der Waals surface area contributed by atoms with Gasteiger partial charge in [-0.05, 0) is 56.2 Å². The number of nitrogens with one attached hydrogen (secondary N) is 1. The smallest absolute Gasteiger partial charge is 0.291 e. The third-order valence-electron chi connectivity index (χ3n) is 5.35. The van der Waals surface area contributed by atoms with E-state index in [4.69, 9.17) is 13.9 Å². The minimum Gasteiger partial charge on any atom is -0.486 e. The van der Waals surface area contributed by atoms with E-state index in [1.807, 2.05) is 32.9 Å². The van der Waals surface area contributed by atoms with Crippen molar-refractivity contribution >= 4 is 17.5 Å². The number of anilines is 1. The normalized spacial score (nSPS) is 13.7. The fraction of sp³-hybridized carbons (Fsp3) is 0.375. The van der Waals surface area contributed by atoms with Gasteiger partial charge in [0.15, 0.2) is 5.76 Å². The number of furan rings is 1. The van der Waals surface area contributed by atoms with Crippen molar-refractivity contribution in [2.75, 3.05) is 31.6 Å². The first kappa shape index (κ1) is 22.6. The standard InChI is InChI=1S/C24H28N4O5/c1-4-28-22(24(30)27-7-9-31-10-8-27)20(14-25-28)26-23(29)21-6-5-18(33-21)15-32-19-12-16(2)11-17(3)13-19/h5-6,11-14H,4,7-10,15H2,1-3H3,(H,26,29). The monoisotopic (exact) mass is 452 g/mol. The number of amides is 2. The zero-order chi connectivity index (χ0) is 23.4. The molecule has 3 aromatic rings. The molecular formula is C24H28N4O5. The van der Waals surface area contributed by atoms with Crippen molar-refractivity contribution in [2.45, 2.75) is 33.9 Å². The molecule has 1 saturated heterocycles. The van der Waals surface area contributed by atoms with Crippen LogP contribution in [-0.4, -0.2) is 52.8 Å². The molecule has 3 heterocycles. The predicted molar refractivity (Wildman–Crippen MR) is 122 cm³/mol. The van der Waals surface area contributed by atoms with Crippen LogP contribution in [0.3, 0.4) is 0 Å². The second-order valence-corrected chi connectivity index (χ2v) is 7.96. The Balaban J connectivity index is 1.44. The van der Waals surface area contributed by atoms with Crippen LogP contribution in [0.5, 0.6) is 5.75 Å². The molecule has 1 aliphatic rings. The molecule has 0 atom stereocenters. The van der Waals surface area contributed by atoms with Crippen LogP contribution in [0.4, 0.5) is 5.69 Å². The summed E-state index contributed by atoms with van der Waals surface area (Å²) in [5.74, 6) is 0.749. The van der Waals surface area contributed by atoms with Gasteiger partial charge in [-0.15, -0.1) is 0 Å². The number of hydrogen-bond acceptors (Lipinski definition) is 6. The van der Waals surface area contributed by atoms with Gasteiger partial charge in [0.25, 0.3) is 11.8 Å². The number of aryl methyl sites for hydroxylation is 3. The second-order valence-electron chi connectivity index (χ2n) is 7.96. The third-order valence-corrected chi connectivity index (χ3v) is 5.35. The van der Waals surface area contributed by atoms with E-state index in [0.717, 1.165) is 16.9 Å². The molecule has 0 saturated carbocycles. The molecule has 4 rings (SSSR count). The molecule has 9 nitrogen and oxygen atoms in total. The van der Waals surface area contributed by atoms with E-state index in [9.17, 15) is 9.59 Å². The predicted octanol–water partition coefficient (Wildman–Crippen LogP) is 3.42. The highest BCUT2D eigenvalue weighted by Gasteiger charge is 2.26. The summed E-state index contributed by atoms with van der Waals surface area (Å²) in [7, 11) is 0. The summed E-state index contributed by atoms with van der Waals surface area (Å²) in [5.41, 5.74) is 2.92. The van der Waals surface area contributed by atoms with Gasteiger partial charge < -0.3 is 24.1 Å². The molecule has 0 unspecified atom stereocenters. The maximum atomic E-state index is 13.1. The summed E-state index contributed by atoms with van der Waals surface area (Å²) in [6.45, 7) is 8.60. The van der Waals surface area contributed by atoms with E-state index in [-0.39, 0.29) is 18.3 Å². The topological polar surface area (TPSA) is 98.8 Å². The highest BCUT2D eigenvalue weighted by Crippen LogP contribution is 2.21. The van der Waals surface area contributed by atoms with Crippen molar-refractivity contribution in [3.8, 4) is 5.75 Å². The van der Waals surface area contributed by atoms with E-state index in [2.05, 4.69) is 16.5 Å². The first-order chi connectivity index (χ1) is 15.9. The third kappa shape index (κ3) is 5.25. The Labute approximate surface area is 192 Å². The maximum Gasteiger partial charge on any atom is 0.291 e. The molecule has 9 heteroatoms. The van der Waals surface area contributed by atoms with Crippen molar-refractivity contribution in [3.63, 3.8) is 0 Å². The fourth-order valence-electron chi connectivity index (χ4n) is 3.79. The summed E-state index contributed by atoms with van der Waals surface area (Å²) in [5, 5.41) is 7.02. The van der Waals surface area contributed by atoms with Crippen molar-refractivity contribution in [1.82, 2.24) is 14.7 Å². The second kappa shape index (κ2) is 9.91. The quantitative estimate of drug-likeness (QED) is 0.590. The van der Waals surface area contributed by atoms with Crippen LogP contribution in [0.15, 0.2) is 40.9 Å². The Hall–Kier alpha value is -3.59. The van der Waals surface area contributed by atoms with Gasteiger partial charge in [0.05, 0.1) is 25.1 Å². The largest absolute Gasteiger partial charge is 0.486 e. The Morgan fingerprint density at radius 2 is 1.85 bits per heavy atom. The zero-order valence-electron chi connectivity index (χ0n) is 19.1. The molecule has 0 bridgehead atoms. The Morgan fingerprint density at radius 3 is 2.55 bits per heavy atom. The van der Waals surface area contributed by atoms with E-state index in [1.165, 1.54) is 6.20 Å². The van der Waals surface area contributed by atoms with E-state index >= 15 is 0 Å². The van der Waals surface area contributed by atoms with Crippen LogP contribution >= 0.6 is 0 Å². The Morgan fingerprint density at radius 1 is 1.12 bits per heavy atom. The molecule has 1 aromatic carbocycles. The van der Waals surface area contributed by atoms with Gasteiger partial charge in [0, 0.05) is 19.6 Å². The summed E-state index contributed by atoms with van der Waals surface area (Å²) in [6, 6.07) is 9.25. The first-order valence-electron chi connectivity index (χ1n) is 11.0. The molecule has 1 aliphatic heterocycles. The lowest BCUT2D eigenvalue weighted by atomic mass is 10.1. The molecule has 2 aromatic heterocycles. The van der Waals surface area contributed by atoms with Gasteiger partial charge in [-0.25, -0.2) is 0 Å². The summed E-state index contributed by atoms with van der Waals surface area (Å²) in [4.78, 5) is 27.6. The lowest BCUT2D eigenvalue weighted by Gasteiger charge is -2.27. The van der Waals surface area contributed by atoms with E-state index < -0.39 is 5.91 Å². The summed E-state index contributed by atoms with van der Waals surface area (Å²) in [6.07, 6.45) is 1.49. The van der Waals surface area contributed by atoms with Crippen LogP contribution in [0.2, 0.25) is 0 Å². The van der Waals surface area contributed by atoms with Gasteiger partial charge in [0.2, 0.25) is 0 Å². The van der Waals surface area contributed by atoms with Crippen LogP contribution in [0.25, 0.3) is 0 Å². The van der Waals surface area contributed by atoms with Crippen molar-refractivity contribution < 1.29 is 23.5 Å². The van der Waals surface area contributed by atoms with Crippen molar-refractivity contribution in [1.29, 1.82) is 0 Å². The number of nitrogens with zero attached hydrogens (tertiary/aromatic N) is 3. The van der Waals surface area contributed by atoms with Gasteiger partial charge in [0.1, 0.15) is 23.8 Å². The van der Waals surface area contributed by atoms with Crippen LogP contribution in [0, 0.1) is 13.8 Å². The molecule has 1 fully saturated rings. The van der Waals surface area contributed by atoms with Gasteiger partial charge in [-0.3, -0.25) is 14.3 Å². The summed E-state index contributed by atoms with van der Waals surface area (Å²) < 4.78 is 18.4. The van der Waals surface area contributed by atoms with E-state index in [0.29, 0.717) is 50.0 Å². The molecule has 0 aliphatic carbocycles. The van der Waals surface area contributed by atoms with Gasteiger partial charge >= 0.3 is 0 Å².